The third-order valence-electron chi connectivity index (χ3n) is 3.39. The van der Waals surface area contributed by atoms with Crippen LogP contribution in [0.5, 0.6) is 0 Å². The van der Waals surface area contributed by atoms with E-state index in [0.29, 0.717) is 45.8 Å². The average molecular weight is 286 g/mol. The van der Waals surface area contributed by atoms with Crippen LogP contribution in [0.1, 0.15) is 26.2 Å². The molecule has 0 spiro atoms. The highest BCUT2D eigenvalue weighted by Crippen LogP contribution is 2.06. The molecule has 1 heterocycles. The number of carbonyl (C=O) groups excluding carboxylic acids is 2. The molecule has 0 bridgehead atoms. The maximum absolute atomic E-state index is 11.9. The van der Waals surface area contributed by atoms with E-state index >= 15 is 0 Å². The molecular weight excluding hydrogens is 260 g/mol. The summed E-state index contributed by atoms with van der Waals surface area (Å²) < 4.78 is 10.1. The van der Waals surface area contributed by atoms with E-state index in [2.05, 4.69) is 6.92 Å². The number of piperazine rings is 1. The fourth-order valence-corrected chi connectivity index (χ4v) is 2.08. The number of hydrogen-bond acceptors (Lipinski definition) is 4. The monoisotopic (exact) mass is 286 g/mol. The van der Waals surface area contributed by atoms with Crippen LogP contribution in [0.25, 0.3) is 0 Å². The van der Waals surface area contributed by atoms with E-state index in [4.69, 9.17) is 9.47 Å². The second kappa shape index (κ2) is 9.72. The van der Waals surface area contributed by atoms with Gasteiger partial charge in [0.15, 0.2) is 0 Å². The largest absolute Gasteiger partial charge is 0.382 e. The Morgan fingerprint density at radius 1 is 1.00 bits per heavy atom. The topological polar surface area (TPSA) is 59.1 Å². The smallest absolute Gasteiger partial charge is 0.248 e. The van der Waals surface area contributed by atoms with E-state index in [-0.39, 0.29) is 18.4 Å². The molecule has 2 amide bonds. The molecule has 6 nitrogen and oxygen atoms in total. The molecule has 1 saturated heterocycles. The first-order valence-electron chi connectivity index (χ1n) is 7.31. The highest BCUT2D eigenvalue weighted by Gasteiger charge is 2.23. The zero-order valence-corrected chi connectivity index (χ0v) is 12.6. The van der Waals surface area contributed by atoms with Gasteiger partial charge >= 0.3 is 0 Å². The van der Waals surface area contributed by atoms with Crippen molar-refractivity contribution < 1.29 is 19.1 Å². The van der Waals surface area contributed by atoms with Gasteiger partial charge in [-0.1, -0.05) is 13.3 Å². The highest BCUT2D eigenvalue weighted by atomic mass is 16.5. The van der Waals surface area contributed by atoms with Gasteiger partial charge in [0.25, 0.3) is 0 Å². The van der Waals surface area contributed by atoms with Crippen molar-refractivity contribution in [3.05, 3.63) is 0 Å². The first-order valence-corrected chi connectivity index (χ1v) is 7.31. The molecule has 0 N–H and O–H groups in total. The predicted molar refractivity (Wildman–Crippen MR) is 75.4 cm³/mol. The number of carbonyl (C=O) groups is 2. The molecule has 0 atom stereocenters. The van der Waals surface area contributed by atoms with Crippen LogP contribution in [0, 0.1) is 0 Å². The minimum Gasteiger partial charge on any atom is -0.382 e. The summed E-state index contributed by atoms with van der Waals surface area (Å²) in [6.45, 7) is 5.55. The fraction of sp³-hybridized carbons (Fsp3) is 0.857. The molecular formula is C14H26N2O4. The summed E-state index contributed by atoms with van der Waals surface area (Å²) in [6, 6.07) is 0. The van der Waals surface area contributed by atoms with Crippen molar-refractivity contribution in [3.63, 3.8) is 0 Å². The summed E-state index contributed by atoms with van der Waals surface area (Å²) in [5.41, 5.74) is 0. The van der Waals surface area contributed by atoms with Gasteiger partial charge in [0.05, 0.1) is 13.2 Å². The minimum absolute atomic E-state index is 0.0123. The Kier molecular flexibility index (Phi) is 8.22. The van der Waals surface area contributed by atoms with Gasteiger partial charge in [0.1, 0.15) is 6.61 Å². The lowest BCUT2D eigenvalue weighted by Crippen LogP contribution is -2.51. The summed E-state index contributed by atoms with van der Waals surface area (Å²) in [4.78, 5) is 27.3. The van der Waals surface area contributed by atoms with E-state index in [0.717, 1.165) is 12.8 Å². The normalized spacial score (nSPS) is 15.5. The number of hydrogen-bond donors (Lipinski definition) is 0. The van der Waals surface area contributed by atoms with Crippen molar-refractivity contribution in [3.8, 4) is 0 Å². The number of nitrogens with zero attached hydrogens (tertiary/aromatic N) is 2. The number of amides is 2. The van der Waals surface area contributed by atoms with Gasteiger partial charge in [-0.25, -0.2) is 0 Å². The second-order valence-electron chi connectivity index (χ2n) is 4.91. The second-order valence-corrected chi connectivity index (χ2v) is 4.91. The van der Waals surface area contributed by atoms with Gasteiger partial charge in [-0.15, -0.1) is 0 Å². The van der Waals surface area contributed by atoms with Gasteiger partial charge in [0, 0.05) is 39.7 Å². The Bertz CT molecular complexity index is 302. The molecule has 1 aliphatic heterocycles. The zero-order valence-electron chi connectivity index (χ0n) is 12.6. The van der Waals surface area contributed by atoms with E-state index < -0.39 is 0 Å². The van der Waals surface area contributed by atoms with Gasteiger partial charge < -0.3 is 19.3 Å². The van der Waals surface area contributed by atoms with Gasteiger partial charge in [-0.05, 0) is 6.42 Å². The number of rotatable bonds is 8. The van der Waals surface area contributed by atoms with Crippen LogP contribution >= 0.6 is 0 Å². The molecule has 0 saturated carbocycles. The van der Waals surface area contributed by atoms with Crippen molar-refractivity contribution >= 4 is 11.8 Å². The molecule has 0 aromatic rings. The van der Waals surface area contributed by atoms with Crippen LogP contribution in [0.2, 0.25) is 0 Å². The quantitative estimate of drug-likeness (QED) is 0.610. The third-order valence-corrected chi connectivity index (χ3v) is 3.39. The van der Waals surface area contributed by atoms with Crippen molar-refractivity contribution in [2.45, 2.75) is 26.2 Å². The van der Waals surface area contributed by atoms with E-state index in [9.17, 15) is 9.59 Å². The third kappa shape index (κ3) is 5.88. The number of ether oxygens (including phenoxy) is 2. The Morgan fingerprint density at radius 2 is 1.60 bits per heavy atom. The van der Waals surface area contributed by atoms with Crippen molar-refractivity contribution in [1.29, 1.82) is 0 Å². The summed E-state index contributed by atoms with van der Waals surface area (Å²) in [6.07, 6.45) is 2.58. The first kappa shape index (κ1) is 16.9. The summed E-state index contributed by atoms with van der Waals surface area (Å²) in [5, 5.41) is 0. The predicted octanol–water partition coefficient (Wildman–Crippen LogP) is 0.510. The van der Waals surface area contributed by atoms with Crippen LogP contribution in [0.15, 0.2) is 0 Å². The van der Waals surface area contributed by atoms with Gasteiger partial charge in [-0.3, -0.25) is 9.59 Å². The highest BCUT2D eigenvalue weighted by molar-refractivity contribution is 5.79. The van der Waals surface area contributed by atoms with Gasteiger partial charge in [-0.2, -0.15) is 0 Å². The molecule has 1 fully saturated rings. The Hall–Kier alpha value is -1.14. The molecule has 6 heteroatoms. The molecule has 1 aliphatic rings. The van der Waals surface area contributed by atoms with E-state index in [1.807, 2.05) is 4.90 Å². The van der Waals surface area contributed by atoms with Gasteiger partial charge in [0.2, 0.25) is 11.8 Å². The zero-order chi connectivity index (χ0) is 14.8. The molecule has 0 aromatic carbocycles. The lowest BCUT2D eigenvalue weighted by molar-refractivity contribution is -0.142. The molecule has 0 radical (unpaired) electrons. The standard InChI is InChI=1S/C14H26N2O4/c1-3-4-5-13(17)15-6-8-16(9-7-15)14(18)12-20-11-10-19-2/h3-12H2,1-2H3. The Morgan fingerprint density at radius 3 is 2.15 bits per heavy atom. The van der Waals surface area contributed by atoms with Crippen LogP contribution < -0.4 is 0 Å². The summed E-state index contributed by atoms with van der Waals surface area (Å²) in [7, 11) is 1.60. The molecule has 116 valence electrons. The minimum atomic E-state index is -0.0123. The average Bonchev–Trinajstić information content (AvgIpc) is 2.49. The van der Waals surface area contributed by atoms with Crippen LogP contribution in [-0.2, 0) is 19.1 Å². The molecule has 0 aliphatic carbocycles. The van der Waals surface area contributed by atoms with E-state index in [1.165, 1.54) is 0 Å². The maximum Gasteiger partial charge on any atom is 0.248 e. The van der Waals surface area contributed by atoms with Crippen LogP contribution in [-0.4, -0.2) is 74.7 Å². The number of unbranched alkanes of at least 4 members (excludes halogenated alkanes) is 1. The Balaban J connectivity index is 2.20. The van der Waals surface area contributed by atoms with Crippen LogP contribution in [0.4, 0.5) is 0 Å². The van der Waals surface area contributed by atoms with Crippen molar-refractivity contribution in [2.24, 2.45) is 0 Å². The first-order chi connectivity index (χ1) is 9.69. The summed E-state index contributed by atoms with van der Waals surface area (Å²) >= 11 is 0. The lowest BCUT2D eigenvalue weighted by Gasteiger charge is -2.34. The van der Waals surface area contributed by atoms with E-state index in [1.54, 1.807) is 12.0 Å². The Labute approximate surface area is 121 Å². The maximum atomic E-state index is 11.9. The SMILES string of the molecule is CCCCC(=O)N1CCN(C(=O)COCCOC)CC1. The van der Waals surface area contributed by atoms with Crippen LogP contribution in [0.3, 0.4) is 0 Å². The molecule has 1 rings (SSSR count). The van der Waals surface area contributed by atoms with Crippen molar-refractivity contribution in [2.75, 3.05) is 53.1 Å². The molecule has 20 heavy (non-hydrogen) atoms. The lowest BCUT2D eigenvalue weighted by atomic mass is 10.2. The molecule has 0 aromatic heterocycles. The number of methoxy groups -OCH3 is 1. The fourth-order valence-electron chi connectivity index (χ4n) is 2.08. The molecule has 0 unspecified atom stereocenters. The summed E-state index contributed by atoms with van der Waals surface area (Å²) in [5.74, 6) is 0.192. The van der Waals surface area contributed by atoms with Crippen molar-refractivity contribution in [1.82, 2.24) is 9.80 Å².